The van der Waals surface area contributed by atoms with Crippen molar-refractivity contribution in [3.05, 3.63) is 83.9 Å². The van der Waals surface area contributed by atoms with Crippen molar-refractivity contribution in [3.63, 3.8) is 0 Å². The number of nitrogens with one attached hydrogen (secondary N) is 1. The molecule has 0 atom stereocenters. The van der Waals surface area contributed by atoms with E-state index in [0.717, 1.165) is 28.9 Å². The molecule has 0 aliphatic heterocycles. The topological polar surface area (TPSA) is 38.3 Å². The number of anilines is 2. The van der Waals surface area contributed by atoms with Gasteiger partial charge in [-0.3, -0.25) is 4.79 Å². The first-order valence-corrected chi connectivity index (χ1v) is 9.30. The van der Waals surface area contributed by atoms with E-state index in [1.54, 1.807) is 0 Å². The van der Waals surface area contributed by atoms with E-state index < -0.39 is 0 Å². The lowest BCUT2D eigenvalue weighted by atomic mass is 10.0. The van der Waals surface area contributed by atoms with Crippen LogP contribution in [0.5, 0.6) is 0 Å². The number of esters is 1. The number of carbonyl (C=O) groups is 1. The van der Waals surface area contributed by atoms with Crippen LogP contribution < -0.4 is 5.32 Å². The van der Waals surface area contributed by atoms with E-state index in [-0.39, 0.29) is 5.97 Å². The standard InChI is InChI=1S/C24H25NO2/c1-3-18-6-13-22(14-7-18)25-23-15-11-21(12-16-23)20-9-4-19(5-10-20)8-17-24(26)27-2/h4-7,9-16,25H,3,8,17H2,1-2H3. The van der Waals surface area contributed by atoms with E-state index in [9.17, 15) is 4.79 Å². The molecule has 3 rings (SSSR count). The Kier molecular flexibility index (Phi) is 6.26. The van der Waals surface area contributed by atoms with Crippen molar-refractivity contribution in [3.8, 4) is 11.1 Å². The molecule has 27 heavy (non-hydrogen) atoms. The molecular formula is C24H25NO2. The highest BCUT2D eigenvalue weighted by atomic mass is 16.5. The van der Waals surface area contributed by atoms with Crippen LogP contribution in [0, 0.1) is 0 Å². The van der Waals surface area contributed by atoms with E-state index in [0.29, 0.717) is 12.8 Å². The number of methoxy groups -OCH3 is 1. The largest absolute Gasteiger partial charge is 0.469 e. The van der Waals surface area contributed by atoms with Gasteiger partial charge in [0.1, 0.15) is 0 Å². The van der Waals surface area contributed by atoms with Crippen LogP contribution in [0.15, 0.2) is 72.8 Å². The third-order valence-corrected chi connectivity index (χ3v) is 4.67. The highest BCUT2D eigenvalue weighted by Crippen LogP contribution is 2.24. The molecule has 0 amide bonds. The van der Waals surface area contributed by atoms with Gasteiger partial charge in [-0.1, -0.05) is 55.5 Å². The molecule has 3 nitrogen and oxygen atoms in total. The fraction of sp³-hybridized carbons (Fsp3) is 0.208. The van der Waals surface area contributed by atoms with Crippen molar-refractivity contribution in [1.29, 1.82) is 0 Å². The average molecular weight is 359 g/mol. The summed E-state index contributed by atoms with van der Waals surface area (Å²) in [5, 5.41) is 3.43. The maximum Gasteiger partial charge on any atom is 0.305 e. The van der Waals surface area contributed by atoms with Crippen LogP contribution in [0.3, 0.4) is 0 Å². The number of rotatable bonds is 7. The van der Waals surface area contributed by atoms with Crippen molar-refractivity contribution >= 4 is 17.3 Å². The summed E-state index contributed by atoms with van der Waals surface area (Å²) in [5.41, 5.74) is 6.97. The third-order valence-electron chi connectivity index (χ3n) is 4.67. The Balaban J connectivity index is 1.63. The lowest BCUT2D eigenvalue weighted by Gasteiger charge is -2.09. The molecule has 0 unspecified atom stereocenters. The van der Waals surface area contributed by atoms with Gasteiger partial charge in [0.05, 0.1) is 7.11 Å². The first-order chi connectivity index (χ1) is 13.2. The Morgan fingerprint density at radius 1 is 0.778 bits per heavy atom. The summed E-state index contributed by atoms with van der Waals surface area (Å²) < 4.78 is 4.69. The lowest BCUT2D eigenvalue weighted by Crippen LogP contribution is -2.01. The molecular weight excluding hydrogens is 334 g/mol. The molecule has 0 aromatic heterocycles. The van der Waals surface area contributed by atoms with Gasteiger partial charge >= 0.3 is 5.97 Å². The molecule has 0 radical (unpaired) electrons. The summed E-state index contributed by atoms with van der Waals surface area (Å²) in [6.45, 7) is 2.16. The minimum Gasteiger partial charge on any atom is -0.469 e. The number of hydrogen-bond acceptors (Lipinski definition) is 3. The molecule has 0 saturated heterocycles. The highest BCUT2D eigenvalue weighted by molar-refractivity contribution is 5.70. The summed E-state index contributed by atoms with van der Waals surface area (Å²) in [5.74, 6) is -0.175. The normalized spacial score (nSPS) is 10.4. The highest BCUT2D eigenvalue weighted by Gasteiger charge is 2.03. The summed E-state index contributed by atoms with van der Waals surface area (Å²) in [6, 6.07) is 25.3. The molecule has 138 valence electrons. The van der Waals surface area contributed by atoms with Crippen molar-refractivity contribution in [1.82, 2.24) is 0 Å². The molecule has 0 spiro atoms. The van der Waals surface area contributed by atoms with E-state index >= 15 is 0 Å². The second-order valence-corrected chi connectivity index (χ2v) is 6.53. The molecule has 0 fully saturated rings. The second kappa shape index (κ2) is 9.04. The predicted octanol–water partition coefficient (Wildman–Crippen LogP) is 5.77. The minimum atomic E-state index is -0.175. The average Bonchev–Trinajstić information content (AvgIpc) is 2.73. The maximum atomic E-state index is 11.2. The van der Waals surface area contributed by atoms with Gasteiger partial charge in [-0.2, -0.15) is 0 Å². The molecule has 0 aliphatic carbocycles. The molecule has 0 aliphatic rings. The number of carbonyl (C=O) groups excluding carboxylic acids is 1. The van der Waals surface area contributed by atoms with Crippen LogP contribution in [-0.4, -0.2) is 13.1 Å². The van der Waals surface area contributed by atoms with Gasteiger partial charge in [0.2, 0.25) is 0 Å². The number of hydrogen-bond donors (Lipinski definition) is 1. The number of aryl methyl sites for hydroxylation is 2. The van der Waals surface area contributed by atoms with Gasteiger partial charge in [-0.05, 0) is 59.4 Å². The molecule has 0 saturated carbocycles. The van der Waals surface area contributed by atoms with Gasteiger partial charge in [0, 0.05) is 17.8 Å². The van der Waals surface area contributed by atoms with Gasteiger partial charge in [0.15, 0.2) is 0 Å². The summed E-state index contributed by atoms with van der Waals surface area (Å²) in [7, 11) is 1.42. The Labute approximate surface area is 161 Å². The Bertz CT molecular complexity index is 866. The zero-order chi connectivity index (χ0) is 19.1. The summed E-state index contributed by atoms with van der Waals surface area (Å²) in [6.07, 6.45) is 2.17. The Morgan fingerprint density at radius 2 is 1.26 bits per heavy atom. The SMILES string of the molecule is CCc1ccc(Nc2ccc(-c3ccc(CCC(=O)OC)cc3)cc2)cc1. The van der Waals surface area contributed by atoms with Crippen molar-refractivity contribution in [2.24, 2.45) is 0 Å². The fourth-order valence-corrected chi connectivity index (χ4v) is 2.95. The number of ether oxygens (including phenoxy) is 1. The molecule has 3 aromatic carbocycles. The van der Waals surface area contributed by atoms with Crippen LogP contribution in [0.25, 0.3) is 11.1 Å². The van der Waals surface area contributed by atoms with E-state index in [1.807, 2.05) is 0 Å². The van der Waals surface area contributed by atoms with E-state index in [4.69, 9.17) is 0 Å². The van der Waals surface area contributed by atoms with Crippen molar-refractivity contribution < 1.29 is 9.53 Å². The van der Waals surface area contributed by atoms with E-state index in [2.05, 4.69) is 89.8 Å². The third kappa shape index (κ3) is 5.20. The Hall–Kier alpha value is -3.07. The Morgan fingerprint density at radius 3 is 1.78 bits per heavy atom. The molecule has 1 N–H and O–H groups in total. The molecule has 0 bridgehead atoms. The first kappa shape index (κ1) is 18.7. The summed E-state index contributed by atoms with van der Waals surface area (Å²) >= 11 is 0. The predicted molar refractivity (Wildman–Crippen MR) is 111 cm³/mol. The lowest BCUT2D eigenvalue weighted by molar-refractivity contribution is -0.140. The van der Waals surface area contributed by atoms with Crippen molar-refractivity contribution in [2.45, 2.75) is 26.2 Å². The quantitative estimate of drug-likeness (QED) is 0.545. The van der Waals surface area contributed by atoms with Gasteiger partial charge in [-0.15, -0.1) is 0 Å². The van der Waals surface area contributed by atoms with Crippen LogP contribution in [-0.2, 0) is 22.4 Å². The van der Waals surface area contributed by atoms with Crippen molar-refractivity contribution in [2.75, 3.05) is 12.4 Å². The van der Waals surface area contributed by atoms with Gasteiger partial charge in [0.25, 0.3) is 0 Å². The first-order valence-electron chi connectivity index (χ1n) is 9.30. The monoisotopic (exact) mass is 359 g/mol. The van der Waals surface area contributed by atoms with Crippen LogP contribution in [0.4, 0.5) is 11.4 Å². The van der Waals surface area contributed by atoms with Crippen LogP contribution in [0.2, 0.25) is 0 Å². The van der Waals surface area contributed by atoms with Crippen LogP contribution >= 0.6 is 0 Å². The van der Waals surface area contributed by atoms with Crippen LogP contribution in [0.1, 0.15) is 24.5 Å². The summed E-state index contributed by atoms with van der Waals surface area (Å²) in [4.78, 5) is 11.2. The smallest absolute Gasteiger partial charge is 0.305 e. The van der Waals surface area contributed by atoms with E-state index in [1.165, 1.54) is 18.2 Å². The second-order valence-electron chi connectivity index (χ2n) is 6.53. The molecule has 3 heteroatoms. The number of benzene rings is 3. The van der Waals surface area contributed by atoms with Gasteiger partial charge < -0.3 is 10.1 Å². The zero-order valence-corrected chi connectivity index (χ0v) is 15.9. The molecule has 0 heterocycles. The molecule has 3 aromatic rings. The minimum absolute atomic E-state index is 0.175. The fourth-order valence-electron chi connectivity index (χ4n) is 2.95. The maximum absolute atomic E-state index is 11.2. The van der Waals surface area contributed by atoms with Gasteiger partial charge in [-0.25, -0.2) is 0 Å². The zero-order valence-electron chi connectivity index (χ0n) is 15.9.